The van der Waals surface area contributed by atoms with Crippen molar-refractivity contribution in [2.45, 2.75) is 39.0 Å². The molecule has 0 radical (unpaired) electrons. The fourth-order valence-electron chi connectivity index (χ4n) is 2.68. The molecule has 0 N–H and O–H groups in total. The van der Waals surface area contributed by atoms with Crippen molar-refractivity contribution in [3.05, 3.63) is 35.4 Å². The maximum Gasteiger partial charge on any atom is -0.00190 e. The number of piperidine rings is 1. The first kappa shape index (κ1) is 12.6. The van der Waals surface area contributed by atoms with Crippen molar-refractivity contribution in [1.29, 1.82) is 0 Å². The number of benzene rings is 1. The highest BCUT2D eigenvalue weighted by Gasteiger charge is 2.16. The molecule has 1 aliphatic rings. The summed E-state index contributed by atoms with van der Waals surface area (Å²) in [6, 6.07) is 9.18. The van der Waals surface area contributed by atoms with Gasteiger partial charge in [0.05, 0.1) is 0 Å². The molecule has 0 amide bonds. The van der Waals surface area contributed by atoms with Crippen molar-refractivity contribution in [2.75, 3.05) is 20.1 Å². The number of likely N-dealkylation sites (tertiary alicyclic amines) is 1. The summed E-state index contributed by atoms with van der Waals surface area (Å²) in [5, 5.41) is 0. The summed E-state index contributed by atoms with van der Waals surface area (Å²) in [5.74, 6) is 1.54. The van der Waals surface area contributed by atoms with E-state index in [2.05, 4.69) is 50.1 Å². The molecule has 0 spiro atoms. The van der Waals surface area contributed by atoms with Gasteiger partial charge in [0.1, 0.15) is 0 Å². The molecule has 0 unspecified atom stereocenters. The monoisotopic (exact) mass is 231 g/mol. The van der Waals surface area contributed by atoms with Gasteiger partial charge in [-0.1, -0.05) is 38.1 Å². The van der Waals surface area contributed by atoms with E-state index in [0.29, 0.717) is 5.92 Å². The molecule has 1 nitrogen and oxygen atoms in total. The van der Waals surface area contributed by atoms with Gasteiger partial charge in [0.25, 0.3) is 0 Å². The summed E-state index contributed by atoms with van der Waals surface area (Å²) in [4.78, 5) is 2.45. The Kier molecular flexibility index (Phi) is 4.22. The zero-order chi connectivity index (χ0) is 12.3. The second kappa shape index (κ2) is 5.68. The maximum atomic E-state index is 2.45. The third-order valence-electron chi connectivity index (χ3n) is 3.98. The predicted molar refractivity (Wildman–Crippen MR) is 74.5 cm³/mol. The predicted octanol–water partition coefficient (Wildman–Crippen LogP) is 3.69. The molecule has 0 bridgehead atoms. The first-order chi connectivity index (χ1) is 8.15. The van der Waals surface area contributed by atoms with Gasteiger partial charge in [-0.25, -0.2) is 0 Å². The topological polar surface area (TPSA) is 3.24 Å². The average Bonchev–Trinajstić information content (AvgIpc) is 2.32. The Labute approximate surface area is 106 Å². The normalized spacial score (nSPS) is 18.8. The Balaban J connectivity index is 1.96. The highest BCUT2D eigenvalue weighted by atomic mass is 15.1. The van der Waals surface area contributed by atoms with Gasteiger partial charge >= 0.3 is 0 Å². The molecule has 0 saturated carbocycles. The highest BCUT2D eigenvalue weighted by Crippen LogP contribution is 2.23. The van der Waals surface area contributed by atoms with Gasteiger partial charge in [0, 0.05) is 0 Å². The standard InChI is InChI=1S/C16H25N/c1-13(2)16-6-4-5-15(12-16)11-14-7-9-17(3)10-8-14/h4-6,12-14H,7-11H2,1-3H3. The zero-order valence-corrected chi connectivity index (χ0v) is 11.4. The maximum absolute atomic E-state index is 2.45. The minimum atomic E-state index is 0.646. The Morgan fingerprint density at radius 3 is 2.59 bits per heavy atom. The molecule has 94 valence electrons. The summed E-state index contributed by atoms with van der Waals surface area (Å²) in [6.07, 6.45) is 4.00. The van der Waals surface area contributed by atoms with Crippen LogP contribution in [0.5, 0.6) is 0 Å². The third-order valence-corrected chi connectivity index (χ3v) is 3.98. The van der Waals surface area contributed by atoms with Crippen molar-refractivity contribution < 1.29 is 0 Å². The van der Waals surface area contributed by atoms with E-state index < -0.39 is 0 Å². The van der Waals surface area contributed by atoms with Gasteiger partial charge in [0.2, 0.25) is 0 Å². The van der Waals surface area contributed by atoms with Crippen molar-refractivity contribution >= 4 is 0 Å². The lowest BCUT2D eigenvalue weighted by molar-refractivity contribution is 0.219. The summed E-state index contributed by atoms with van der Waals surface area (Å²) >= 11 is 0. The van der Waals surface area contributed by atoms with Gasteiger partial charge < -0.3 is 4.90 Å². The first-order valence-corrected chi connectivity index (χ1v) is 6.92. The van der Waals surface area contributed by atoms with Crippen LogP contribution < -0.4 is 0 Å². The van der Waals surface area contributed by atoms with Crippen LogP contribution in [0.3, 0.4) is 0 Å². The zero-order valence-electron chi connectivity index (χ0n) is 11.4. The van der Waals surface area contributed by atoms with Gasteiger partial charge in [-0.15, -0.1) is 0 Å². The average molecular weight is 231 g/mol. The molecule has 0 aliphatic carbocycles. The second-order valence-corrected chi connectivity index (χ2v) is 5.85. The van der Waals surface area contributed by atoms with Gasteiger partial charge in [-0.3, -0.25) is 0 Å². The summed E-state index contributed by atoms with van der Waals surface area (Å²) < 4.78 is 0. The number of rotatable bonds is 3. The van der Waals surface area contributed by atoms with Gasteiger partial charge in [-0.2, -0.15) is 0 Å². The summed E-state index contributed by atoms with van der Waals surface area (Å²) in [5.41, 5.74) is 3.01. The smallest absolute Gasteiger partial charge is 0.00190 e. The fourth-order valence-corrected chi connectivity index (χ4v) is 2.68. The van der Waals surface area contributed by atoms with Gasteiger partial charge in [0.15, 0.2) is 0 Å². The minimum absolute atomic E-state index is 0.646. The van der Waals surface area contributed by atoms with Crippen LogP contribution in [-0.4, -0.2) is 25.0 Å². The molecule has 1 aromatic rings. The Hall–Kier alpha value is -0.820. The van der Waals surface area contributed by atoms with Crippen LogP contribution in [0.2, 0.25) is 0 Å². The summed E-state index contributed by atoms with van der Waals surface area (Å²) in [7, 11) is 2.23. The quantitative estimate of drug-likeness (QED) is 0.767. The number of hydrogen-bond acceptors (Lipinski definition) is 1. The van der Waals surface area contributed by atoms with Gasteiger partial charge in [-0.05, 0) is 62.4 Å². The molecule has 1 aliphatic heterocycles. The van der Waals surface area contributed by atoms with Crippen molar-refractivity contribution in [3.8, 4) is 0 Å². The van der Waals surface area contributed by atoms with Crippen LogP contribution in [0.15, 0.2) is 24.3 Å². The van der Waals surface area contributed by atoms with Crippen molar-refractivity contribution in [3.63, 3.8) is 0 Å². The van der Waals surface area contributed by atoms with E-state index in [9.17, 15) is 0 Å². The molecule has 0 atom stereocenters. The van der Waals surface area contributed by atoms with Crippen molar-refractivity contribution in [2.24, 2.45) is 5.92 Å². The van der Waals surface area contributed by atoms with Crippen LogP contribution >= 0.6 is 0 Å². The molecule has 0 aromatic heterocycles. The van der Waals surface area contributed by atoms with E-state index in [0.717, 1.165) is 5.92 Å². The highest BCUT2D eigenvalue weighted by molar-refractivity contribution is 5.26. The second-order valence-electron chi connectivity index (χ2n) is 5.85. The summed E-state index contributed by atoms with van der Waals surface area (Å²) in [6.45, 7) is 7.09. The van der Waals surface area contributed by atoms with Crippen LogP contribution in [-0.2, 0) is 6.42 Å². The SMILES string of the molecule is CC(C)c1cccc(CC2CCN(C)CC2)c1. The van der Waals surface area contributed by atoms with E-state index in [1.54, 1.807) is 0 Å². The van der Waals surface area contributed by atoms with E-state index >= 15 is 0 Å². The molecule has 2 rings (SSSR count). The molecule has 1 heterocycles. The lowest BCUT2D eigenvalue weighted by Gasteiger charge is -2.29. The molecule has 1 fully saturated rings. The van der Waals surface area contributed by atoms with E-state index in [4.69, 9.17) is 0 Å². The Morgan fingerprint density at radius 2 is 1.94 bits per heavy atom. The van der Waals surface area contributed by atoms with E-state index in [1.165, 1.54) is 43.5 Å². The largest absolute Gasteiger partial charge is 0.306 e. The Morgan fingerprint density at radius 1 is 1.24 bits per heavy atom. The molecule has 1 heteroatoms. The minimum Gasteiger partial charge on any atom is -0.306 e. The van der Waals surface area contributed by atoms with Crippen LogP contribution in [0.25, 0.3) is 0 Å². The first-order valence-electron chi connectivity index (χ1n) is 6.92. The van der Waals surface area contributed by atoms with E-state index in [1.807, 2.05) is 0 Å². The van der Waals surface area contributed by atoms with Crippen LogP contribution in [0, 0.1) is 5.92 Å². The number of nitrogens with zero attached hydrogens (tertiary/aromatic N) is 1. The lowest BCUT2D eigenvalue weighted by Crippen LogP contribution is -2.30. The van der Waals surface area contributed by atoms with E-state index in [-0.39, 0.29) is 0 Å². The molecule has 1 aromatic carbocycles. The fraction of sp³-hybridized carbons (Fsp3) is 0.625. The lowest BCUT2D eigenvalue weighted by atomic mass is 9.89. The van der Waals surface area contributed by atoms with Crippen LogP contribution in [0.1, 0.15) is 43.7 Å². The van der Waals surface area contributed by atoms with Crippen molar-refractivity contribution in [1.82, 2.24) is 4.90 Å². The Bertz CT molecular complexity index is 348. The third kappa shape index (κ3) is 3.57. The molecule has 1 saturated heterocycles. The number of hydrogen-bond donors (Lipinski definition) is 0. The van der Waals surface area contributed by atoms with Crippen LogP contribution in [0.4, 0.5) is 0 Å². The molecule has 17 heavy (non-hydrogen) atoms. The molecular weight excluding hydrogens is 206 g/mol. The molecular formula is C16H25N.